The molecular weight excluding hydrogens is 204 g/mol. The van der Waals surface area contributed by atoms with E-state index >= 15 is 0 Å². The molecular formula is C12H24N2O2. The molecule has 1 aliphatic rings. The number of likely N-dealkylation sites (tertiary alicyclic amines) is 1. The molecule has 2 N–H and O–H groups in total. The number of nitrogens with two attached hydrogens (primary N) is 1. The lowest BCUT2D eigenvalue weighted by Gasteiger charge is -2.41. The van der Waals surface area contributed by atoms with Gasteiger partial charge in [-0.05, 0) is 40.0 Å². The van der Waals surface area contributed by atoms with Crippen molar-refractivity contribution in [3.63, 3.8) is 0 Å². The molecule has 0 spiro atoms. The van der Waals surface area contributed by atoms with Gasteiger partial charge in [-0.25, -0.2) is 4.79 Å². The van der Waals surface area contributed by atoms with Crippen LogP contribution in [-0.2, 0) is 4.74 Å². The molecule has 1 rings (SSSR count). The molecule has 1 amide bonds. The Kier molecular flexibility index (Phi) is 3.84. The predicted octanol–water partition coefficient (Wildman–Crippen LogP) is 1.98. The van der Waals surface area contributed by atoms with Crippen LogP contribution in [0.4, 0.5) is 4.79 Å². The van der Waals surface area contributed by atoms with Crippen LogP contribution in [0.3, 0.4) is 0 Å². The Morgan fingerprint density at radius 1 is 1.38 bits per heavy atom. The van der Waals surface area contributed by atoms with Crippen molar-refractivity contribution < 1.29 is 9.53 Å². The highest BCUT2D eigenvalue weighted by Crippen LogP contribution is 2.23. The van der Waals surface area contributed by atoms with Gasteiger partial charge in [-0.15, -0.1) is 0 Å². The minimum atomic E-state index is -0.441. The molecule has 0 bridgehead atoms. The molecule has 0 radical (unpaired) electrons. The Morgan fingerprint density at radius 3 is 2.44 bits per heavy atom. The number of carbonyl (C=O) groups is 1. The van der Waals surface area contributed by atoms with Crippen molar-refractivity contribution in [3.8, 4) is 0 Å². The average Bonchev–Trinajstić information content (AvgIpc) is 2.11. The second-order valence-corrected chi connectivity index (χ2v) is 5.76. The van der Waals surface area contributed by atoms with Crippen LogP contribution in [0.5, 0.6) is 0 Å². The second-order valence-electron chi connectivity index (χ2n) is 5.76. The van der Waals surface area contributed by atoms with Gasteiger partial charge in [-0.1, -0.05) is 6.92 Å². The van der Waals surface area contributed by atoms with Gasteiger partial charge in [-0.2, -0.15) is 0 Å². The van der Waals surface area contributed by atoms with Crippen molar-refractivity contribution in [1.82, 2.24) is 4.90 Å². The van der Waals surface area contributed by atoms with Crippen molar-refractivity contribution in [1.29, 1.82) is 0 Å². The third-order valence-electron chi connectivity index (χ3n) is 3.16. The molecule has 1 heterocycles. The summed E-state index contributed by atoms with van der Waals surface area (Å²) in [6.07, 6.45) is 0.701. The molecule has 0 aliphatic carbocycles. The number of hydrogen-bond donors (Lipinski definition) is 1. The number of carbonyl (C=O) groups excluding carboxylic acids is 1. The van der Waals surface area contributed by atoms with Crippen molar-refractivity contribution in [2.75, 3.05) is 6.54 Å². The van der Waals surface area contributed by atoms with Gasteiger partial charge in [0.25, 0.3) is 0 Å². The van der Waals surface area contributed by atoms with E-state index in [4.69, 9.17) is 10.5 Å². The SMILES string of the molecule is C[C@@H]1CCN(C(=O)OC(C)(C)C)[C@@H](C)[C@@H]1N. The monoisotopic (exact) mass is 228 g/mol. The number of amides is 1. The van der Waals surface area contributed by atoms with Gasteiger partial charge in [0.1, 0.15) is 5.60 Å². The fraction of sp³-hybridized carbons (Fsp3) is 0.917. The van der Waals surface area contributed by atoms with Gasteiger partial charge in [0.2, 0.25) is 0 Å². The fourth-order valence-corrected chi connectivity index (χ4v) is 2.00. The standard InChI is InChI=1S/C12H24N2O2/c1-8-6-7-14(9(2)10(8)13)11(15)16-12(3,4)5/h8-10H,6-7,13H2,1-5H3/t8-,9+,10-/m1/s1. The Bertz CT molecular complexity index is 260. The van der Waals surface area contributed by atoms with Crippen LogP contribution in [0.1, 0.15) is 41.0 Å². The molecule has 4 nitrogen and oxygen atoms in total. The Hall–Kier alpha value is -0.770. The predicted molar refractivity (Wildman–Crippen MR) is 64.2 cm³/mol. The summed E-state index contributed by atoms with van der Waals surface area (Å²) in [7, 11) is 0. The van der Waals surface area contributed by atoms with E-state index in [-0.39, 0.29) is 18.2 Å². The molecule has 94 valence electrons. The van der Waals surface area contributed by atoms with Crippen molar-refractivity contribution in [3.05, 3.63) is 0 Å². The highest BCUT2D eigenvalue weighted by atomic mass is 16.6. The summed E-state index contributed by atoms with van der Waals surface area (Å²) in [6.45, 7) is 10.5. The summed E-state index contributed by atoms with van der Waals surface area (Å²) in [4.78, 5) is 13.7. The van der Waals surface area contributed by atoms with Crippen LogP contribution >= 0.6 is 0 Å². The third kappa shape index (κ3) is 3.11. The van der Waals surface area contributed by atoms with Gasteiger partial charge in [0.05, 0.1) is 0 Å². The molecule has 3 atom stereocenters. The third-order valence-corrected chi connectivity index (χ3v) is 3.16. The minimum absolute atomic E-state index is 0.0428. The van der Waals surface area contributed by atoms with Gasteiger partial charge in [0.15, 0.2) is 0 Å². The van der Waals surface area contributed by atoms with Crippen LogP contribution in [0.15, 0.2) is 0 Å². The molecule has 0 aromatic rings. The lowest BCUT2D eigenvalue weighted by Crippen LogP contribution is -2.56. The van der Waals surface area contributed by atoms with E-state index in [0.717, 1.165) is 13.0 Å². The summed E-state index contributed by atoms with van der Waals surface area (Å²) in [5.41, 5.74) is 5.62. The number of rotatable bonds is 0. The van der Waals surface area contributed by atoms with Crippen molar-refractivity contribution >= 4 is 6.09 Å². The minimum Gasteiger partial charge on any atom is -0.444 e. The molecule has 1 fully saturated rings. The van der Waals surface area contributed by atoms with E-state index in [0.29, 0.717) is 5.92 Å². The topological polar surface area (TPSA) is 55.6 Å². The summed E-state index contributed by atoms with van der Waals surface area (Å²) in [5, 5.41) is 0. The molecule has 1 saturated heterocycles. The van der Waals surface area contributed by atoms with Gasteiger partial charge in [-0.3, -0.25) is 0 Å². The lowest BCUT2D eigenvalue weighted by atomic mass is 9.89. The van der Waals surface area contributed by atoms with Crippen molar-refractivity contribution in [2.24, 2.45) is 11.7 Å². The van der Waals surface area contributed by atoms with Gasteiger partial charge in [0, 0.05) is 18.6 Å². The maximum absolute atomic E-state index is 11.9. The summed E-state index contributed by atoms with van der Waals surface area (Å²) in [5.74, 6) is 0.466. The zero-order valence-corrected chi connectivity index (χ0v) is 11.0. The average molecular weight is 228 g/mol. The molecule has 16 heavy (non-hydrogen) atoms. The number of piperidine rings is 1. The van der Waals surface area contributed by atoms with Crippen LogP contribution in [0, 0.1) is 5.92 Å². The van der Waals surface area contributed by atoms with Gasteiger partial charge >= 0.3 is 6.09 Å². The quantitative estimate of drug-likeness (QED) is 0.689. The van der Waals surface area contributed by atoms with Crippen LogP contribution < -0.4 is 5.73 Å². The normalized spacial score (nSPS) is 31.4. The second kappa shape index (κ2) is 4.62. The van der Waals surface area contributed by atoms with E-state index < -0.39 is 5.60 Å². The van der Waals surface area contributed by atoms with Crippen LogP contribution in [0.2, 0.25) is 0 Å². The first-order valence-electron chi connectivity index (χ1n) is 5.97. The molecule has 0 unspecified atom stereocenters. The van der Waals surface area contributed by atoms with Gasteiger partial charge < -0.3 is 15.4 Å². The maximum Gasteiger partial charge on any atom is 0.410 e. The van der Waals surface area contributed by atoms with E-state index in [1.807, 2.05) is 27.7 Å². The highest BCUT2D eigenvalue weighted by Gasteiger charge is 2.35. The van der Waals surface area contributed by atoms with Crippen molar-refractivity contribution in [2.45, 2.75) is 58.7 Å². The van der Waals surface area contributed by atoms with E-state index in [1.54, 1.807) is 4.90 Å². The summed E-state index contributed by atoms with van der Waals surface area (Å²) in [6, 6.07) is 0.0971. The number of hydrogen-bond acceptors (Lipinski definition) is 3. The molecule has 0 saturated carbocycles. The van der Waals surface area contributed by atoms with E-state index in [1.165, 1.54) is 0 Å². The highest BCUT2D eigenvalue weighted by molar-refractivity contribution is 5.68. The zero-order chi connectivity index (χ0) is 12.5. The first-order valence-corrected chi connectivity index (χ1v) is 5.97. The number of ether oxygens (including phenoxy) is 1. The molecule has 1 aliphatic heterocycles. The van der Waals surface area contributed by atoms with E-state index in [2.05, 4.69) is 6.92 Å². The lowest BCUT2D eigenvalue weighted by molar-refractivity contribution is 0.00414. The molecule has 4 heteroatoms. The Balaban J connectivity index is 2.64. The smallest absolute Gasteiger partial charge is 0.410 e. The molecule has 0 aromatic heterocycles. The Morgan fingerprint density at radius 2 is 1.94 bits per heavy atom. The van der Waals surface area contributed by atoms with Crippen LogP contribution in [0.25, 0.3) is 0 Å². The molecule has 0 aromatic carbocycles. The Labute approximate surface area is 98.1 Å². The zero-order valence-electron chi connectivity index (χ0n) is 11.0. The summed E-state index contributed by atoms with van der Waals surface area (Å²) < 4.78 is 5.36. The first-order chi connectivity index (χ1) is 7.22. The van der Waals surface area contributed by atoms with E-state index in [9.17, 15) is 4.79 Å². The van der Waals surface area contributed by atoms with Crippen LogP contribution in [-0.4, -0.2) is 35.2 Å². The summed E-state index contributed by atoms with van der Waals surface area (Å²) >= 11 is 0. The largest absolute Gasteiger partial charge is 0.444 e. The fourth-order valence-electron chi connectivity index (χ4n) is 2.00. The maximum atomic E-state index is 11.9. The first kappa shape index (κ1) is 13.3. The number of nitrogens with zero attached hydrogens (tertiary/aromatic N) is 1.